The van der Waals surface area contributed by atoms with E-state index in [0.29, 0.717) is 6.42 Å². The Morgan fingerprint density at radius 1 is 0.750 bits per heavy atom. The van der Waals surface area contributed by atoms with Gasteiger partial charge >= 0.3 is 12.1 Å². The van der Waals surface area contributed by atoms with Gasteiger partial charge in [-0.25, -0.2) is 9.59 Å². The summed E-state index contributed by atoms with van der Waals surface area (Å²) in [5.41, 5.74) is 2.70. The van der Waals surface area contributed by atoms with Crippen molar-refractivity contribution < 1.29 is 23.9 Å². The maximum atomic E-state index is 13.3. The molecular weight excluding hydrogens is 456 g/mol. The van der Waals surface area contributed by atoms with Crippen molar-refractivity contribution >= 4 is 18.0 Å². The molecule has 0 unspecified atom stereocenters. The predicted octanol–water partition coefficient (Wildman–Crippen LogP) is 3.98. The molecule has 0 aliphatic heterocycles. The van der Waals surface area contributed by atoms with Gasteiger partial charge in [0.05, 0.1) is 13.2 Å². The highest BCUT2D eigenvalue weighted by Crippen LogP contribution is 2.08. The molecule has 3 rings (SSSR count). The van der Waals surface area contributed by atoms with E-state index < -0.39 is 30.1 Å². The predicted molar refractivity (Wildman–Crippen MR) is 137 cm³/mol. The molecule has 7 heteroatoms. The van der Waals surface area contributed by atoms with Crippen molar-refractivity contribution in [3.05, 3.63) is 120 Å². The number of hydrogen-bond donors (Lipinski definition) is 2. The van der Waals surface area contributed by atoms with Crippen molar-refractivity contribution in [2.75, 3.05) is 7.11 Å². The number of rotatable bonds is 11. The molecule has 0 spiro atoms. The maximum absolute atomic E-state index is 13.3. The van der Waals surface area contributed by atoms with Crippen molar-refractivity contribution in [1.82, 2.24) is 10.6 Å². The number of carbonyl (C=O) groups is 3. The standard InChI is InChI=1S/C29H30N2O5/c1-35-27(32)18-17-25(19-22-11-5-2-6-12-22)30-28(33)26(20-23-13-7-3-8-14-23)31-29(34)36-21-24-15-9-4-10-16-24/h2-18,25-26H,19-21H2,1H3,(H,30,33)(H,31,34)/b18-17+/t25-,26+/m1/s1. The Bertz CT molecular complexity index is 1130. The highest BCUT2D eigenvalue weighted by Gasteiger charge is 2.24. The molecule has 2 atom stereocenters. The number of carbonyl (C=O) groups excluding carboxylic acids is 3. The lowest BCUT2D eigenvalue weighted by Crippen LogP contribution is -2.51. The zero-order valence-corrected chi connectivity index (χ0v) is 20.1. The normalized spacial score (nSPS) is 12.4. The highest BCUT2D eigenvalue weighted by molar-refractivity contribution is 5.87. The number of nitrogens with one attached hydrogen (secondary N) is 2. The van der Waals surface area contributed by atoms with Crippen LogP contribution >= 0.6 is 0 Å². The van der Waals surface area contributed by atoms with Gasteiger partial charge in [0.1, 0.15) is 12.6 Å². The number of hydrogen-bond acceptors (Lipinski definition) is 5. The van der Waals surface area contributed by atoms with Crippen molar-refractivity contribution in [3.63, 3.8) is 0 Å². The number of amides is 2. The summed E-state index contributed by atoms with van der Waals surface area (Å²) in [6.45, 7) is 0.0881. The second-order valence-corrected chi connectivity index (χ2v) is 8.14. The fraction of sp³-hybridized carbons (Fsp3) is 0.207. The minimum absolute atomic E-state index is 0.0881. The molecule has 3 aromatic rings. The van der Waals surface area contributed by atoms with Gasteiger partial charge < -0.3 is 20.1 Å². The Balaban J connectivity index is 1.72. The maximum Gasteiger partial charge on any atom is 0.408 e. The van der Waals surface area contributed by atoms with E-state index in [1.54, 1.807) is 6.08 Å². The first-order valence-electron chi connectivity index (χ1n) is 11.6. The van der Waals surface area contributed by atoms with E-state index in [4.69, 9.17) is 4.74 Å². The molecular formula is C29H30N2O5. The van der Waals surface area contributed by atoms with E-state index in [1.165, 1.54) is 13.2 Å². The van der Waals surface area contributed by atoms with Crippen LogP contribution in [0.1, 0.15) is 16.7 Å². The monoisotopic (exact) mass is 486 g/mol. The van der Waals surface area contributed by atoms with Gasteiger partial charge in [-0.3, -0.25) is 4.79 Å². The van der Waals surface area contributed by atoms with E-state index in [2.05, 4.69) is 15.4 Å². The molecule has 0 saturated carbocycles. The molecule has 2 N–H and O–H groups in total. The molecule has 0 bridgehead atoms. The second-order valence-electron chi connectivity index (χ2n) is 8.14. The zero-order chi connectivity index (χ0) is 25.6. The third-order valence-electron chi connectivity index (χ3n) is 5.40. The quantitative estimate of drug-likeness (QED) is 0.316. The molecule has 2 amide bonds. The van der Waals surface area contributed by atoms with Gasteiger partial charge in [-0.05, 0) is 23.1 Å². The van der Waals surface area contributed by atoms with Gasteiger partial charge in [0.2, 0.25) is 5.91 Å². The first-order chi connectivity index (χ1) is 17.5. The summed E-state index contributed by atoms with van der Waals surface area (Å²) >= 11 is 0. The van der Waals surface area contributed by atoms with Crippen LogP contribution in [0.4, 0.5) is 4.79 Å². The molecule has 0 radical (unpaired) electrons. The van der Waals surface area contributed by atoms with Crippen LogP contribution in [0.5, 0.6) is 0 Å². The van der Waals surface area contributed by atoms with E-state index in [9.17, 15) is 14.4 Å². The lowest BCUT2D eigenvalue weighted by molar-refractivity contribution is -0.135. The third-order valence-corrected chi connectivity index (χ3v) is 5.40. The molecule has 36 heavy (non-hydrogen) atoms. The number of esters is 1. The molecule has 0 saturated heterocycles. The van der Waals surface area contributed by atoms with E-state index >= 15 is 0 Å². The second kappa shape index (κ2) is 14.1. The number of alkyl carbamates (subject to hydrolysis) is 1. The van der Waals surface area contributed by atoms with Gasteiger partial charge in [-0.1, -0.05) is 97.1 Å². The van der Waals surface area contributed by atoms with Crippen LogP contribution in [0.2, 0.25) is 0 Å². The summed E-state index contributed by atoms with van der Waals surface area (Å²) < 4.78 is 10.0. The van der Waals surface area contributed by atoms with Gasteiger partial charge in [0, 0.05) is 12.5 Å². The van der Waals surface area contributed by atoms with Gasteiger partial charge in [-0.2, -0.15) is 0 Å². The summed E-state index contributed by atoms with van der Waals surface area (Å²) in [5, 5.41) is 5.63. The fourth-order valence-electron chi connectivity index (χ4n) is 3.55. The van der Waals surface area contributed by atoms with Gasteiger partial charge in [0.15, 0.2) is 0 Å². The van der Waals surface area contributed by atoms with Crippen LogP contribution < -0.4 is 10.6 Å². The summed E-state index contributed by atoms with van der Waals surface area (Å²) in [7, 11) is 1.29. The Morgan fingerprint density at radius 3 is 1.83 bits per heavy atom. The first-order valence-corrected chi connectivity index (χ1v) is 11.6. The highest BCUT2D eigenvalue weighted by atomic mass is 16.5. The molecule has 0 fully saturated rings. The minimum atomic E-state index is -0.888. The Kier molecular flexibility index (Phi) is 10.3. The number of benzene rings is 3. The molecule has 3 aromatic carbocycles. The lowest BCUT2D eigenvalue weighted by Gasteiger charge is -2.22. The summed E-state index contributed by atoms with van der Waals surface area (Å²) in [4.78, 5) is 37.6. The van der Waals surface area contributed by atoms with Crippen LogP contribution in [0.15, 0.2) is 103 Å². The first kappa shape index (κ1) is 26.2. The van der Waals surface area contributed by atoms with Crippen LogP contribution in [0, 0.1) is 0 Å². The largest absolute Gasteiger partial charge is 0.466 e. The molecule has 7 nitrogen and oxygen atoms in total. The topological polar surface area (TPSA) is 93.7 Å². The summed E-state index contributed by atoms with van der Waals surface area (Å²) in [6.07, 6.45) is 2.90. The van der Waals surface area contributed by atoms with Crippen LogP contribution in [-0.2, 0) is 38.5 Å². The van der Waals surface area contributed by atoms with E-state index in [-0.39, 0.29) is 13.0 Å². The Labute approximate surface area is 211 Å². The fourth-order valence-corrected chi connectivity index (χ4v) is 3.55. The molecule has 0 aliphatic rings. The Morgan fingerprint density at radius 2 is 1.28 bits per heavy atom. The summed E-state index contributed by atoms with van der Waals surface area (Å²) in [6, 6.07) is 26.9. The van der Waals surface area contributed by atoms with Gasteiger partial charge in [-0.15, -0.1) is 0 Å². The van der Waals surface area contributed by atoms with Crippen LogP contribution in [0.25, 0.3) is 0 Å². The van der Waals surface area contributed by atoms with E-state index in [1.807, 2.05) is 91.0 Å². The van der Waals surface area contributed by atoms with Crippen molar-refractivity contribution in [2.24, 2.45) is 0 Å². The molecule has 0 heterocycles. The number of ether oxygens (including phenoxy) is 2. The van der Waals surface area contributed by atoms with Gasteiger partial charge in [0.25, 0.3) is 0 Å². The van der Waals surface area contributed by atoms with Crippen LogP contribution in [-0.4, -0.2) is 37.2 Å². The van der Waals surface area contributed by atoms with Crippen molar-refractivity contribution in [2.45, 2.75) is 31.5 Å². The molecule has 0 aliphatic carbocycles. The zero-order valence-electron chi connectivity index (χ0n) is 20.1. The SMILES string of the molecule is COC(=O)/C=C/[C@H](Cc1ccccc1)NC(=O)[C@H](Cc1ccccc1)NC(=O)OCc1ccccc1. The van der Waals surface area contributed by atoms with Crippen molar-refractivity contribution in [1.29, 1.82) is 0 Å². The average molecular weight is 487 g/mol. The molecule has 0 aromatic heterocycles. The lowest BCUT2D eigenvalue weighted by atomic mass is 10.0. The average Bonchev–Trinajstić information content (AvgIpc) is 2.91. The van der Waals surface area contributed by atoms with Crippen LogP contribution in [0.3, 0.4) is 0 Å². The smallest absolute Gasteiger partial charge is 0.408 e. The third kappa shape index (κ3) is 9.10. The summed E-state index contributed by atoms with van der Waals surface area (Å²) in [5.74, 6) is -0.920. The van der Waals surface area contributed by atoms with E-state index in [0.717, 1.165) is 16.7 Å². The molecule has 186 valence electrons. The Hall–Kier alpha value is -4.39. The number of methoxy groups -OCH3 is 1. The minimum Gasteiger partial charge on any atom is -0.466 e. The van der Waals surface area contributed by atoms with Crippen molar-refractivity contribution in [3.8, 4) is 0 Å².